The minimum absolute atomic E-state index is 0. The summed E-state index contributed by atoms with van der Waals surface area (Å²) in [6.45, 7) is 0. The Hall–Kier alpha value is -2.86. The summed E-state index contributed by atoms with van der Waals surface area (Å²) < 4.78 is 229. The van der Waals surface area contributed by atoms with Crippen molar-refractivity contribution in [3.8, 4) is 22.5 Å². The van der Waals surface area contributed by atoms with Crippen molar-refractivity contribution in [1.29, 1.82) is 0 Å². The number of pyridine rings is 2. The zero-order valence-corrected chi connectivity index (χ0v) is 28.0. The summed E-state index contributed by atoms with van der Waals surface area (Å²) in [7, 11) is -32.0. The third-order valence-electron chi connectivity index (χ3n) is 3.74. The minimum atomic E-state index is -10.7. The zero-order chi connectivity index (χ0) is 39.2. The van der Waals surface area contributed by atoms with Crippen molar-refractivity contribution in [2.45, 2.75) is 0 Å². The van der Waals surface area contributed by atoms with Gasteiger partial charge in [0.05, 0.1) is 11.4 Å². The van der Waals surface area contributed by atoms with Crippen LogP contribution in [0.5, 0.6) is 0 Å². The fraction of sp³-hybridized carbons (Fsp3) is 0. The average molecular weight is 1010 g/mol. The Bertz CT molecular complexity index is 1510. The zero-order valence-electron chi connectivity index (χ0n) is 23.0. The van der Waals surface area contributed by atoms with Crippen molar-refractivity contribution < 1.29 is 113 Å². The third kappa shape index (κ3) is 39.6. The molecule has 0 unspecified atom stereocenters. The van der Waals surface area contributed by atoms with Crippen LogP contribution in [0.25, 0.3) is 22.5 Å². The van der Waals surface area contributed by atoms with Crippen LogP contribution in [0.1, 0.15) is 0 Å². The van der Waals surface area contributed by atoms with Gasteiger partial charge in [-0.1, -0.05) is 12.1 Å². The second-order valence-corrected chi connectivity index (χ2v) is 14.3. The molecule has 28 heteroatoms. The molecule has 2 nitrogen and oxygen atoms in total. The molecule has 50 heavy (non-hydrogen) atoms. The van der Waals surface area contributed by atoms with Crippen molar-refractivity contribution in [3.63, 3.8) is 0 Å². The molecule has 0 aliphatic heterocycles. The molecule has 2 heterocycles. The first-order valence-corrected chi connectivity index (χ1v) is 17.4. The molecule has 0 N–H and O–H groups in total. The number of nitrogens with zero attached hydrogens (tertiary/aromatic N) is 2. The van der Waals surface area contributed by atoms with Gasteiger partial charge in [-0.05, 0) is 48.5 Å². The average Bonchev–Trinajstić information content (AvgIpc) is 2.80. The molecule has 0 saturated heterocycles. The molecule has 0 radical (unpaired) electrons. The maximum absolute atomic E-state index is 13.3. The van der Waals surface area contributed by atoms with Crippen LogP contribution in [0.15, 0.2) is 85.2 Å². The summed E-state index contributed by atoms with van der Waals surface area (Å²) in [6.07, 6.45) is 3.14. The quantitative estimate of drug-likeness (QED) is 0.148. The molecule has 4 rings (SSSR count). The Morgan fingerprint density at radius 3 is 0.780 bits per heavy atom. The molecule has 0 aliphatic carbocycles. The van der Waals surface area contributed by atoms with Crippen LogP contribution in [0.2, 0.25) is 0 Å². The molecule has 0 atom stereocenters. The van der Waals surface area contributed by atoms with Gasteiger partial charge in [0.2, 0.25) is 0 Å². The van der Waals surface area contributed by atoms with E-state index in [1.54, 1.807) is 48.8 Å². The van der Waals surface area contributed by atoms with Crippen LogP contribution in [0, 0.1) is 23.3 Å². The van der Waals surface area contributed by atoms with Crippen LogP contribution in [-0.2, 0) is 20.1 Å². The van der Waals surface area contributed by atoms with Crippen molar-refractivity contribution in [1.82, 2.24) is 9.97 Å². The van der Waals surface area contributed by atoms with Gasteiger partial charge in [0.15, 0.2) is 0 Å². The monoisotopic (exact) mass is 1010 g/mol. The van der Waals surface area contributed by atoms with E-state index in [0.29, 0.717) is 22.5 Å². The van der Waals surface area contributed by atoms with Gasteiger partial charge in [0.1, 0.15) is 23.3 Å². The predicted molar refractivity (Wildman–Crippen MR) is 140 cm³/mol. The van der Waals surface area contributed by atoms with E-state index >= 15 is 0 Å². The number of halogens is 22. The van der Waals surface area contributed by atoms with Gasteiger partial charge in [-0.2, -0.15) is 0 Å². The smallest absolute Gasteiger partial charge is 0.256 e. The molecular formula is C22H14F22IrN2P3. The number of hydrogen-bond donors (Lipinski definition) is 0. The Kier molecular flexibility index (Phi) is 13.7. The maximum atomic E-state index is 13.3. The standard InChI is InChI=1S/2C11H7F2N.3F6P.Ir/c2*12-8-4-5-9(10(13)7-8)11-3-1-2-6-14-11;3*1-7(2,3,4,5)6;/h2*1-7H;;;;/q;;3*-1;+3. The minimum Gasteiger partial charge on any atom is -0.256 e. The fourth-order valence-electron chi connectivity index (χ4n) is 2.44. The molecular weight excluding hydrogens is 995 g/mol. The maximum Gasteiger partial charge on any atom is 3.00 e. The van der Waals surface area contributed by atoms with Crippen LogP contribution in [-0.4, -0.2) is 9.97 Å². The van der Waals surface area contributed by atoms with Crippen LogP contribution >= 0.6 is 23.4 Å². The molecule has 2 aromatic heterocycles. The van der Waals surface area contributed by atoms with E-state index in [4.69, 9.17) is 0 Å². The summed E-state index contributed by atoms with van der Waals surface area (Å²) in [6, 6.07) is 17.2. The predicted octanol–water partition coefficient (Wildman–Crippen LogP) is 16.2. The normalized spacial score (nSPS) is 15.4. The van der Waals surface area contributed by atoms with Crippen molar-refractivity contribution in [3.05, 3.63) is 108 Å². The topological polar surface area (TPSA) is 25.8 Å². The van der Waals surface area contributed by atoms with Crippen molar-refractivity contribution in [2.75, 3.05) is 0 Å². The Labute approximate surface area is 277 Å². The van der Waals surface area contributed by atoms with E-state index in [1.807, 2.05) is 0 Å². The van der Waals surface area contributed by atoms with Gasteiger partial charge in [-0.25, -0.2) is 17.6 Å². The SMILES string of the molecule is F[P-](F)(F)(F)(F)F.F[P-](F)(F)(F)(F)F.F[P-](F)(F)(F)(F)F.Fc1ccc(-c2ccccn2)c(F)c1.Fc1ccc(-c2ccccn2)c(F)c1.[Ir+3]. The van der Waals surface area contributed by atoms with Gasteiger partial charge < -0.3 is 0 Å². The first kappa shape index (κ1) is 49.3. The number of benzene rings is 2. The second-order valence-electron chi connectivity index (χ2n) is 8.55. The van der Waals surface area contributed by atoms with E-state index < -0.39 is 46.7 Å². The van der Waals surface area contributed by atoms with Gasteiger partial charge in [-0.15, -0.1) is 0 Å². The summed E-state index contributed by atoms with van der Waals surface area (Å²) in [5.41, 5.74) is 1.63. The molecule has 0 fully saturated rings. The van der Waals surface area contributed by atoms with E-state index in [2.05, 4.69) is 9.97 Å². The second kappa shape index (κ2) is 13.9. The number of aromatic nitrogens is 2. The molecule has 0 spiro atoms. The van der Waals surface area contributed by atoms with Gasteiger partial charge in [0, 0.05) is 35.7 Å². The summed E-state index contributed by atoms with van der Waals surface area (Å²) in [5, 5.41) is 0. The molecule has 0 bridgehead atoms. The molecule has 0 amide bonds. The van der Waals surface area contributed by atoms with Crippen molar-refractivity contribution in [2.24, 2.45) is 0 Å². The Morgan fingerprint density at radius 2 is 0.600 bits per heavy atom. The summed E-state index contributed by atoms with van der Waals surface area (Å²) in [4.78, 5) is 7.95. The van der Waals surface area contributed by atoms with E-state index in [1.165, 1.54) is 24.3 Å². The molecule has 4 aromatic rings. The molecule has 2 aromatic carbocycles. The number of rotatable bonds is 2. The van der Waals surface area contributed by atoms with E-state index in [-0.39, 0.29) is 20.1 Å². The largest absolute Gasteiger partial charge is 3.00 e. The van der Waals surface area contributed by atoms with Crippen molar-refractivity contribution >= 4 is 23.4 Å². The van der Waals surface area contributed by atoms with Crippen LogP contribution < -0.4 is 0 Å². The van der Waals surface area contributed by atoms with Gasteiger partial charge >= 0.3 is 119 Å². The fourth-order valence-corrected chi connectivity index (χ4v) is 2.44. The van der Waals surface area contributed by atoms with E-state index in [0.717, 1.165) is 12.1 Å². The molecule has 290 valence electrons. The molecule has 0 aliphatic rings. The summed E-state index contributed by atoms with van der Waals surface area (Å²) >= 11 is 0. The number of hydrogen-bond acceptors (Lipinski definition) is 2. The van der Waals surface area contributed by atoms with Crippen LogP contribution in [0.4, 0.5) is 93.1 Å². The Balaban J connectivity index is 0. The molecule has 0 saturated carbocycles. The first-order valence-electron chi connectivity index (χ1n) is 11.3. The van der Waals surface area contributed by atoms with Crippen LogP contribution in [0.3, 0.4) is 0 Å². The van der Waals surface area contributed by atoms with Gasteiger partial charge in [0.25, 0.3) is 0 Å². The first-order chi connectivity index (χ1) is 20.9. The Morgan fingerprint density at radius 1 is 0.360 bits per heavy atom. The van der Waals surface area contributed by atoms with Gasteiger partial charge in [-0.3, -0.25) is 9.97 Å². The van der Waals surface area contributed by atoms with E-state index in [9.17, 15) is 93.1 Å². The summed E-state index contributed by atoms with van der Waals surface area (Å²) in [5.74, 6) is -2.35. The third-order valence-corrected chi connectivity index (χ3v) is 3.74.